The molecule has 0 saturated heterocycles. The topological polar surface area (TPSA) is 56.0 Å². The molecule has 2 N–H and O–H groups in total. The molecule has 3 nitrogen and oxygen atoms in total. The number of alkyl halides is 1. The Morgan fingerprint density at radius 2 is 2.33 bits per heavy atom. The molecule has 0 amide bonds. The number of aromatic hydroxyl groups is 1. The molecular weight excluding hydrogens is 248 g/mol. The second-order valence-corrected chi connectivity index (χ2v) is 4.74. The van der Waals surface area contributed by atoms with Crippen LogP contribution in [-0.4, -0.2) is 17.5 Å². The maximum Gasteiger partial charge on any atom is 0.125 e. The van der Waals surface area contributed by atoms with Crippen LogP contribution in [0, 0.1) is 11.3 Å². The Morgan fingerprint density at radius 3 is 3.06 bits per heavy atom. The van der Waals surface area contributed by atoms with Crippen LogP contribution in [-0.2, 0) is 0 Å². The first-order valence-corrected chi connectivity index (χ1v) is 6.28. The lowest BCUT2D eigenvalue weighted by atomic mass is 9.92. The molecule has 1 heterocycles. The third-order valence-electron chi connectivity index (χ3n) is 3.43. The molecule has 0 spiro atoms. The highest BCUT2D eigenvalue weighted by atomic mass is 35.5. The van der Waals surface area contributed by atoms with Crippen molar-refractivity contribution < 1.29 is 5.11 Å². The number of rotatable bonds is 1. The van der Waals surface area contributed by atoms with E-state index in [9.17, 15) is 10.4 Å². The normalized spacial score (nSPS) is 17.2. The molecular formula is C14H11ClN2O. The van der Waals surface area contributed by atoms with Crippen LogP contribution < -0.4 is 5.32 Å². The minimum Gasteiger partial charge on any atom is -0.507 e. The second-order valence-electron chi connectivity index (χ2n) is 4.43. The van der Waals surface area contributed by atoms with Gasteiger partial charge in [-0.3, -0.25) is 0 Å². The van der Waals surface area contributed by atoms with Crippen LogP contribution in [0.4, 0.5) is 5.69 Å². The van der Waals surface area contributed by atoms with Gasteiger partial charge in [-0.05, 0) is 11.6 Å². The molecule has 2 aromatic carbocycles. The van der Waals surface area contributed by atoms with Crippen molar-refractivity contribution in [2.24, 2.45) is 0 Å². The van der Waals surface area contributed by atoms with Crippen molar-refractivity contribution in [2.45, 2.75) is 5.92 Å². The zero-order chi connectivity index (χ0) is 12.7. The van der Waals surface area contributed by atoms with E-state index >= 15 is 0 Å². The number of hydrogen-bond donors (Lipinski definition) is 2. The highest BCUT2D eigenvalue weighted by Gasteiger charge is 2.26. The zero-order valence-corrected chi connectivity index (χ0v) is 10.3. The molecule has 1 aliphatic rings. The Hall–Kier alpha value is -1.92. The fourth-order valence-electron chi connectivity index (χ4n) is 2.61. The number of nitrogens with one attached hydrogen (secondary N) is 1. The summed E-state index contributed by atoms with van der Waals surface area (Å²) in [5, 5.41) is 24.0. The maximum absolute atomic E-state index is 10.0. The summed E-state index contributed by atoms with van der Waals surface area (Å²) in [5.74, 6) is 0.877. The number of nitrogens with zero attached hydrogens (tertiary/aromatic N) is 1. The first kappa shape index (κ1) is 11.2. The Labute approximate surface area is 110 Å². The first-order chi connectivity index (χ1) is 8.76. The highest BCUT2D eigenvalue weighted by Crippen LogP contribution is 2.43. The van der Waals surface area contributed by atoms with Crippen LogP contribution in [0.1, 0.15) is 17.0 Å². The molecule has 0 saturated carbocycles. The molecule has 0 bridgehead atoms. The van der Waals surface area contributed by atoms with E-state index in [0.29, 0.717) is 16.8 Å². The smallest absolute Gasteiger partial charge is 0.125 e. The van der Waals surface area contributed by atoms with Crippen molar-refractivity contribution in [3.05, 3.63) is 35.4 Å². The number of nitriles is 1. The van der Waals surface area contributed by atoms with Gasteiger partial charge in [0.05, 0.1) is 11.6 Å². The van der Waals surface area contributed by atoms with Gasteiger partial charge >= 0.3 is 0 Å². The van der Waals surface area contributed by atoms with E-state index < -0.39 is 0 Å². The Morgan fingerprint density at radius 1 is 1.50 bits per heavy atom. The van der Waals surface area contributed by atoms with Gasteiger partial charge in [0, 0.05) is 40.9 Å². The molecule has 0 radical (unpaired) electrons. The van der Waals surface area contributed by atoms with Crippen molar-refractivity contribution in [3.8, 4) is 11.8 Å². The first-order valence-electron chi connectivity index (χ1n) is 5.74. The average molecular weight is 259 g/mol. The number of phenolic OH excluding ortho intramolecular Hbond substituents is 1. The zero-order valence-electron chi connectivity index (χ0n) is 9.57. The summed E-state index contributed by atoms with van der Waals surface area (Å²) in [6, 6.07) is 9.28. The van der Waals surface area contributed by atoms with Crippen LogP contribution >= 0.6 is 11.6 Å². The van der Waals surface area contributed by atoms with Gasteiger partial charge < -0.3 is 10.4 Å². The SMILES string of the molecule is N#Cc1cccc2c(O)cc3c(c12)C(CCl)CN3. The van der Waals surface area contributed by atoms with E-state index in [-0.39, 0.29) is 11.7 Å². The maximum atomic E-state index is 10.0. The standard InChI is InChI=1S/C14H11ClN2O/c15-5-9-7-17-11-4-12(18)10-3-1-2-8(6-16)13(10)14(9)11/h1-4,9,17-18H,5,7H2. The molecule has 1 unspecified atom stereocenters. The molecule has 2 aromatic rings. The Kier molecular flexibility index (Phi) is 2.53. The minimum absolute atomic E-state index is 0.180. The lowest BCUT2D eigenvalue weighted by molar-refractivity contribution is 0.482. The van der Waals surface area contributed by atoms with E-state index in [0.717, 1.165) is 23.2 Å². The number of benzene rings is 2. The Bertz CT molecular complexity index is 676. The molecule has 0 fully saturated rings. The van der Waals surface area contributed by atoms with E-state index in [4.69, 9.17) is 11.6 Å². The second kappa shape index (κ2) is 4.08. The van der Waals surface area contributed by atoms with Crippen LogP contribution in [0.3, 0.4) is 0 Å². The summed E-state index contributed by atoms with van der Waals surface area (Å²) >= 11 is 5.99. The summed E-state index contributed by atoms with van der Waals surface area (Å²) in [5.41, 5.74) is 2.52. The molecule has 0 aliphatic carbocycles. The van der Waals surface area contributed by atoms with E-state index in [2.05, 4.69) is 11.4 Å². The number of fused-ring (bicyclic) bond motifs is 3. The van der Waals surface area contributed by atoms with E-state index in [1.54, 1.807) is 18.2 Å². The number of hydrogen-bond acceptors (Lipinski definition) is 3. The fraction of sp³-hybridized carbons (Fsp3) is 0.214. The third-order valence-corrected chi connectivity index (χ3v) is 3.81. The van der Waals surface area contributed by atoms with Crippen molar-refractivity contribution in [2.75, 3.05) is 17.7 Å². The lowest BCUT2D eigenvalue weighted by Gasteiger charge is -2.12. The van der Waals surface area contributed by atoms with Crippen LogP contribution in [0.5, 0.6) is 5.75 Å². The van der Waals surface area contributed by atoms with E-state index in [1.165, 1.54) is 0 Å². The van der Waals surface area contributed by atoms with Gasteiger partial charge in [-0.15, -0.1) is 11.6 Å². The van der Waals surface area contributed by atoms with Gasteiger partial charge in [0.15, 0.2) is 0 Å². The molecule has 3 rings (SSSR count). The van der Waals surface area contributed by atoms with Gasteiger partial charge in [-0.25, -0.2) is 0 Å². The van der Waals surface area contributed by atoms with Gasteiger partial charge in [0.25, 0.3) is 0 Å². The molecule has 4 heteroatoms. The predicted octanol–water partition coefficient (Wildman–Crippen LogP) is 3.16. The molecule has 1 atom stereocenters. The van der Waals surface area contributed by atoms with Gasteiger partial charge in [-0.1, -0.05) is 12.1 Å². The van der Waals surface area contributed by atoms with Crippen molar-refractivity contribution in [3.63, 3.8) is 0 Å². The van der Waals surface area contributed by atoms with Crippen LogP contribution in [0.25, 0.3) is 10.8 Å². The lowest BCUT2D eigenvalue weighted by Crippen LogP contribution is -2.03. The van der Waals surface area contributed by atoms with Crippen LogP contribution in [0.15, 0.2) is 24.3 Å². The monoisotopic (exact) mass is 258 g/mol. The van der Waals surface area contributed by atoms with Crippen molar-refractivity contribution in [1.29, 1.82) is 5.26 Å². The quantitative estimate of drug-likeness (QED) is 0.773. The van der Waals surface area contributed by atoms with Crippen molar-refractivity contribution in [1.82, 2.24) is 0 Å². The molecule has 1 aliphatic heterocycles. The largest absolute Gasteiger partial charge is 0.507 e. The van der Waals surface area contributed by atoms with Crippen molar-refractivity contribution >= 4 is 28.1 Å². The van der Waals surface area contributed by atoms with Gasteiger partial charge in [0.2, 0.25) is 0 Å². The van der Waals surface area contributed by atoms with E-state index in [1.807, 2.05) is 6.07 Å². The highest BCUT2D eigenvalue weighted by molar-refractivity contribution is 6.18. The number of halogens is 1. The summed E-state index contributed by atoms with van der Waals surface area (Å²) < 4.78 is 0. The average Bonchev–Trinajstić information content (AvgIpc) is 2.81. The Balaban J connectivity index is 2.46. The van der Waals surface area contributed by atoms with Crippen LogP contribution in [0.2, 0.25) is 0 Å². The predicted molar refractivity (Wildman–Crippen MR) is 72.3 cm³/mol. The molecule has 0 aromatic heterocycles. The number of phenols is 1. The van der Waals surface area contributed by atoms with Gasteiger partial charge in [-0.2, -0.15) is 5.26 Å². The summed E-state index contributed by atoms with van der Waals surface area (Å²) in [7, 11) is 0. The number of anilines is 1. The fourth-order valence-corrected chi connectivity index (χ4v) is 2.88. The van der Waals surface area contributed by atoms with Gasteiger partial charge in [0.1, 0.15) is 5.75 Å². The minimum atomic E-state index is 0.180. The summed E-state index contributed by atoms with van der Waals surface area (Å²) in [6.45, 7) is 0.747. The third kappa shape index (κ3) is 1.43. The summed E-state index contributed by atoms with van der Waals surface area (Å²) in [4.78, 5) is 0. The molecule has 90 valence electrons. The molecule has 18 heavy (non-hydrogen) atoms. The summed E-state index contributed by atoms with van der Waals surface area (Å²) in [6.07, 6.45) is 0.